The molecule has 0 spiro atoms. The van der Waals surface area contributed by atoms with Crippen molar-refractivity contribution in [3.05, 3.63) is 27.4 Å². The Kier molecular flexibility index (Phi) is 4.18. The van der Waals surface area contributed by atoms with Gasteiger partial charge >= 0.3 is 0 Å². The number of carbonyl (C=O) groups excluding carboxylic acids is 1. The Bertz CT molecular complexity index is 605. The lowest BCUT2D eigenvalue weighted by atomic mass is 9.94. The van der Waals surface area contributed by atoms with Gasteiger partial charge in [-0.1, -0.05) is 13.8 Å². The van der Waals surface area contributed by atoms with Crippen LogP contribution < -0.4 is 5.56 Å². The first-order valence-electron chi connectivity index (χ1n) is 7.34. The van der Waals surface area contributed by atoms with Crippen LogP contribution in [0.15, 0.2) is 4.79 Å². The van der Waals surface area contributed by atoms with E-state index in [0.29, 0.717) is 24.5 Å². The number of aliphatic hydroxyl groups is 1. The molecule has 2 heterocycles. The molecule has 1 aromatic rings. The summed E-state index contributed by atoms with van der Waals surface area (Å²) in [6.07, 6.45) is 1.39. The minimum atomic E-state index is -0.889. The van der Waals surface area contributed by atoms with Crippen molar-refractivity contribution in [2.75, 3.05) is 13.1 Å². The lowest BCUT2D eigenvalue weighted by Crippen LogP contribution is -2.49. The van der Waals surface area contributed by atoms with Gasteiger partial charge < -0.3 is 15.0 Å². The number of piperidine rings is 1. The summed E-state index contributed by atoms with van der Waals surface area (Å²) < 4.78 is 0. The predicted octanol–water partition coefficient (Wildman–Crippen LogP) is 1.19. The van der Waals surface area contributed by atoms with Gasteiger partial charge in [0.1, 0.15) is 11.4 Å². The van der Waals surface area contributed by atoms with Gasteiger partial charge in [-0.25, -0.2) is 4.98 Å². The van der Waals surface area contributed by atoms with Crippen LogP contribution in [0.25, 0.3) is 0 Å². The number of carbonyl (C=O) groups is 1. The largest absolute Gasteiger partial charge is 0.388 e. The number of aryl methyl sites for hydroxylation is 1. The van der Waals surface area contributed by atoms with E-state index in [1.165, 1.54) is 4.90 Å². The predicted molar refractivity (Wildman–Crippen MR) is 79.4 cm³/mol. The zero-order chi connectivity index (χ0) is 15.8. The normalized spacial score (nSPS) is 22.7. The number of H-pyrrole nitrogens is 1. The summed E-state index contributed by atoms with van der Waals surface area (Å²) in [5, 5.41) is 10.1. The van der Waals surface area contributed by atoms with E-state index in [1.54, 1.807) is 13.8 Å². The van der Waals surface area contributed by atoms with Crippen molar-refractivity contribution in [3.8, 4) is 0 Å². The Morgan fingerprint density at radius 3 is 2.67 bits per heavy atom. The van der Waals surface area contributed by atoms with E-state index in [2.05, 4.69) is 9.97 Å². The number of nitrogens with one attached hydrogen (secondary N) is 1. The monoisotopic (exact) mass is 293 g/mol. The summed E-state index contributed by atoms with van der Waals surface area (Å²) in [5.41, 5.74) is -0.768. The average molecular weight is 293 g/mol. The van der Waals surface area contributed by atoms with Crippen LogP contribution in [0.1, 0.15) is 61.4 Å². The number of β-amino-alcohol motifs (C(OH)–C–C–N with tert-alkyl or cyclic N) is 1. The number of likely N-dealkylation sites (tertiary alicyclic amines) is 1. The fourth-order valence-corrected chi connectivity index (χ4v) is 2.68. The smallest absolute Gasteiger partial charge is 0.264 e. The molecule has 0 aromatic carbocycles. The number of amides is 1. The molecule has 2 rings (SSSR count). The fraction of sp³-hybridized carbons (Fsp3) is 0.667. The van der Waals surface area contributed by atoms with E-state index < -0.39 is 11.2 Å². The maximum absolute atomic E-state index is 12.6. The van der Waals surface area contributed by atoms with Gasteiger partial charge in [0.2, 0.25) is 0 Å². The molecule has 2 N–H and O–H groups in total. The van der Waals surface area contributed by atoms with Crippen LogP contribution in [0.4, 0.5) is 0 Å². The number of aromatic amines is 1. The molecule has 1 unspecified atom stereocenters. The van der Waals surface area contributed by atoms with Crippen LogP contribution in [-0.4, -0.2) is 44.6 Å². The number of hydrogen-bond acceptors (Lipinski definition) is 4. The van der Waals surface area contributed by atoms with Crippen molar-refractivity contribution in [3.63, 3.8) is 0 Å². The Morgan fingerprint density at radius 1 is 1.48 bits per heavy atom. The summed E-state index contributed by atoms with van der Waals surface area (Å²) in [6.45, 7) is 8.05. The second kappa shape index (κ2) is 5.60. The molecule has 1 fully saturated rings. The van der Waals surface area contributed by atoms with E-state index in [-0.39, 0.29) is 23.9 Å². The molecule has 1 aliphatic heterocycles. The van der Waals surface area contributed by atoms with E-state index in [0.717, 1.165) is 6.42 Å². The first-order chi connectivity index (χ1) is 9.71. The number of rotatable bonds is 2. The molecular formula is C15H23N3O3. The molecule has 0 aliphatic carbocycles. The highest BCUT2D eigenvalue weighted by atomic mass is 16.3. The van der Waals surface area contributed by atoms with Crippen LogP contribution in [0.5, 0.6) is 0 Å². The van der Waals surface area contributed by atoms with E-state index in [1.807, 2.05) is 13.8 Å². The number of aromatic nitrogens is 2. The Balaban J connectivity index is 2.34. The van der Waals surface area contributed by atoms with Crippen LogP contribution in [0.2, 0.25) is 0 Å². The minimum absolute atomic E-state index is 0.0806. The second-order valence-corrected chi connectivity index (χ2v) is 6.39. The van der Waals surface area contributed by atoms with E-state index in [9.17, 15) is 14.7 Å². The van der Waals surface area contributed by atoms with E-state index >= 15 is 0 Å². The third-order valence-electron chi connectivity index (χ3n) is 3.84. The van der Waals surface area contributed by atoms with Crippen molar-refractivity contribution in [1.29, 1.82) is 0 Å². The molecule has 0 radical (unpaired) electrons. The summed E-state index contributed by atoms with van der Waals surface area (Å²) in [5.74, 6) is 0.326. The molecule has 1 aliphatic rings. The second-order valence-electron chi connectivity index (χ2n) is 6.39. The first kappa shape index (κ1) is 15.7. The van der Waals surface area contributed by atoms with Crippen molar-refractivity contribution in [2.24, 2.45) is 0 Å². The van der Waals surface area contributed by atoms with E-state index in [4.69, 9.17) is 0 Å². The maximum atomic E-state index is 12.6. The van der Waals surface area contributed by atoms with Crippen molar-refractivity contribution >= 4 is 5.91 Å². The van der Waals surface area contributed by atoms with Gasteiger partial charge in [0.25, 0.3) is 11.5 Å². The molecule has 1 amide bonds. The Hall–Kier alpha value is -1.69. The van der Waals surface area contributed by atoms with Crippen molar-refractivity contribution in [1.82, 2.24) is 14.9 Å². The number of hydrogen-bond donors (Lipinski definition) is 2. The van der Waals surface area contributed by atoms with Gasteiger partial charge in [0, 0.05) is 19.0 Å². The molecule has 1 atom stereocenters. The van der Waals surface area contributed by atoms with Gasteiger partial charge in [0.05, 0.1) is 11.3 Å². The van der Waals surface area contributed by atoms with Crippen LogP contribution >= 0.6 is 0 Å². The molecule has 116 valence electrons. The molecule has 6 nitrogen and oxygen atoms in total. The zero-order valence-electron chi connectivity index (χ0n) is 13.1. The zero-order valence-corrected chi connectivity index (χ0v) is 13.1. The van der Waals surface area contributed by atoms with Crippen LogP contribution in [0.3, 0.4) is 0 Å². The average Bonchev–Trinajstić information content (AvgIpc) is 2.36. The quantitative estimate of drug-likeness (QED) is 0.857. The summed E-state index contributed by atoms with van der Waals surface area (Å²) in [6, 6.07) is 0. The first-order valence-corrected chi connectivity index (χ1v) is 7.34. The fourth-order valence-electron chi connectivity index (χ4n) is 2.68. The van der Waals surface area contributed by atoms with Crippen molar-refractivity contribution < 1.29 is 9.90 Å². The van der Waals surface area contributed by atoms with Gasteiger partial charge in [0.15, 0.2) is 0 Å². The molecule has 6 heteroatoms. The summed E-state index contributed by atoms with van der Waals surface area (Å²) >= 11 is 0. The van der Waals surface area contributed by atoms with Gasteiger partial charge in [-0.15, -0.1) is 0 Å². The van der Waals surface area contributed by atoms with Crippen LogP contribution in [-0.2, 0) is 0 Å². The molecule has 0 saturated carbocycles. The molecule has 1 saturated heterocycles. The minimum Gasteiger partial charge on any atom is -0.388 e. The van der Waals surface area contributed by atoms with Crippen LogP contribution in [0, 0.1) is 6.92 Å². The summed E-state index contributed by atoms with van der Waals surface area (Å²) in [7, 11) is 0. The molecular weight excluding hydrogens is 270 g/mol. The standard InChI is InChI=1S/C15H23N3O3/c1-9(2)12-16-10(3)11(13(19)17-12)14(20)18-7-5-6-15(4,21)8-18/h9,21H,5-8H2,1-4H3,(H,16,17,19). The molecule has 21 heavy (non-hydrogen) atoms. The maximum Gasteiger partial charge on any atom is 0.264 e. The molecule has 1 aromatic heterocycles. The molecule has 0 bridgehead atoms. The Labute approximate surface area is 124 Å². The van der Waals surface area contributed by atoms with Crippen molar-refractivity contribution in [2.45, 2.75) is 52.1 Å². The topological polar surface area (TPSA) is 86.3 Å². The highest BCUT2D eigenvalue weighted by Gasteiger charge is 2.33. The third-order valence-corrected chi connectivity index (χ3v) is 3.84. The van der Waals surface area contributed by atoms with Gasteiger partial charge in [-0.05, 0) is 26.7 Å². The highest BCUT2D eigenvalue weighted by molar-refractivity contribution is 5.95. The third kappa shape index (κ3) is 3.32. The van der Waals surface area contributed by atoms with Gasteiger partial charge in [-0.3, -0.25) is 9.59 Å². The highest BCUT2D eigenvalue weighted by Crippen LogP contribution is 2.21. The lowest BCUT2D eigenvalue weighted by molar-refractivity contribution is -0.0108. The number of nitrogens with zero attached hydrogens (tertiary/aromatic N) is 2. The lowest BCUT2D eigenvalue weighted by Gasteiger charge is -2.36. The SMILES string of the molecule is Cc1nc(C(C)C)[nH]c(=O)c1C(=O)N1CCCC(C)(O)C1. The van der Waals surface area contributed by atoms with Gasteiger partial charge in [-0.2, -0.15) is 0 Å². The summed E-state index contributed by atoms with van der Waals surface area (Å²) in [4.78, 5) is 33.3. The Morgan fingerprint density at radius 2 is 2.14 bits per heavy atom.